The molecule has 5 heteroatoms. The molecular weight excluding hydrogens is 316 g/mol. The molecule has 0 atom stereocenters. The highest BCUT2D eigenvalue weighted by molar-refractivity contribution is 7.09. The Labute approximate surface area is 144 Å². The van der Waals surface area contributed by atoms with Gasteiger partial charge in [-0.25, -0.2) is 9.67 Å². The van der Waals surface area contributed by atoms with Crippen LogP contribution < -0.4 is 0 Å². The Morgan fingerprint density at radius 1 is 0.875 bits per heavy atom. The second kappa shape index (κ2) is 6.02. The molecule has 118 valence electrons. The number of rotatable bonds is 3. The van der Waals surface area contributed by atoms with Crippen LogP contribution in [0.3, 0.4) is 0 Å². The van der Waals surface area contributed by atoms with Gasteiger partial charge in [0.05, 0.1) is 28.3 Å². The van der Waals surface area contributed by atoms with Gasteiger partial charge < -0.3 is 0 Å². The van der Waals surface area contributed by atoms with Gasteiger partial charge in [-0.05, 0) is 26.0 Å². The van der Waals surface area contributed by atoms with Crippen LogP contribution in [-0.4, -0.2) is 20.0 Å². The number of aromatic nitrogens is 4. The SMILES string of the molecule is Cc1ccc(-c2cnnn2-c2ccc(-c3csc(C)n3)cc2)cc1. The summed E-state index contributed by atoms with van der Waals surface area (Å²) in [5.41, 5.74) is 6.43. The molecule has 4 nitrogen and oxygen atoms in total. The summed E-state index contributed by atoms with van der Waals surface area (Å²) in [5.74, 6) is 0. The van der Waals surface area contributed by atoms with Crippen molar-refractivity contribution in [3.63, 3.8) is 0 Å². The van der Waals surface area contributed by atoms with Gasteiger partial charge in [0, 0.05) is 16.5 Å². The zero-order valence-corrected chi connectivity index (χ0v) is 14.3. The molecule has 0 N–H and O–H groups in total. The van der Waals surface area contributed by atoms with Crippen LogP contribution in [0.2, 0.25) is 0 Å². The monoisotopic (exact) mass is 332 g/mol. The summed E-state index contributed by atoms with van der Waals surface area (Å²) in [7, 11) is 0. The Balaban J connectivity index is 1.70. The minimum Gasteiger partial charge on any atom is -0.242 e. The van der Waals surface area contributed by atoms with Crippen LogP contribution in [0.5, 0.6) is 0 Å². The number of thiazole rings is 1. The number of benzene rings is 2. The lowest BCUT2D eigenvalue weighted by Gasteiger charge is -2.07. The van der Waals surface area contributed by atoms with Gasteiger partial charge in [0.25, 0.3) is 0 Å². The second-order valence-electron chi connectivity index (χ2n) is 5.70. The number of aryl methyl sites for hydroxylation is 2. The molecule has 0 aliphatic carbocycles. The van der Waals surface area contributed by atoms with Crippen molar-refractivity contribution in [2.45, 2.75) is 13.8 Å². The molecule has 0 amide bonds. The van der Waals surface area contributed by atoms with Crippen molar-refractivity contribution in [2.75, 3.05) is 0 Å². The predicted molar refractivity (Wildman–Crippen MR) is 97.4 cm³/mol. The first-order valence-corrected chi connectivity index (χ1v) is 8.59. The molecule has 2 aromatic heterocycles. The maximum absolute atomic E-state index is 4.53. The first-order valence-electron chi connectivity index (χ1n) is 7.71. The first-order chi connectivity index (χ1) is 11.7. The maximum Gasteiger partial charge on any atom is 0.0944 e. The fourth-order valence-corrected chi connectivity index (χ4v) is 3.24. The van der Waals surface area contributed by atoms with Crippen LogP contribution in [0, 0.1) is 13.8 Å². The van der Waals surface area contributed by atoms with E-state index in [4.69, 9.17) is 0 Å². The number of hydrogen-bond acceptors (Lipinski definition) is 4. The molecule has 0 spiro atoms. The molecule has 24 heavy (non-hydrogen) atoms. The number of nitrogens with zero attached hydrogens (tertiary/aromatic N) is 4. The van der Waals surface area contributed by atoms with Crippen LogP contribution >= 0.6 is 11.3 Å². The van der Waals surface area contributed by atoms with E-state index in [0.717, 1.165) is 33.2 Å². The average Bonchev–Trinajstić information content (AvgIpc) is 3.25. The molecule has 0 unspecified atom stereocenters. The fourth-order valence-electron chi connectivity index (χ4n) is 2.62. The van der Waals surface area contributed by atoms with Gasteiger partial charge in [0.1, 0.15) is 0 Å². The molecule has 4 rings (SSSR count). The van der Waals surface area contributed by atoms with Crippen LogP contribution in [0.1, 0.15) is 10.6 Å². The van der Waals surface area contributed by atoms with E-state index in [1.54, 1.807) is 17.5 Å². The molecular formula is C19H16N4S. The quantitative estimate of drug-likeness (QED) is 0.547. The van der Waals surface area contributed by atoms with Gasteiger partial charge >= 0.3 is 0 Å². The third-order valence-corrected chi connectivity index (χ3v) is 4.70. The minimum atomic E-state index is 0.979. The standard InChI is InChI=1S/C19H16N4S/c1-13-3-5-16(6-4-13)19-11-20-22-23(19)17-9-7-15(8-10-17)18-12-24-14(2)21-18/h3-12H,1-2H3. The van der Waals surface area contributed by atoms with Gasteiger partial charge in [0.2, 0.25) is 0 Å². The van der Waals surface area contributed by atoms with Gasteiger partial charge in [-0.15, -0.1) is 16.4 Å². The van der Waals surface area contributed by atoms with Crippen molar-refractivity contribution in [1.29, 1.82) is 0 Å². The third-order valence-electron chi connectivity index (χ3n) is 3.92. The molecule has 0 fully saturated rings. The molecule has 0 aliphatic rings. The Hall–Kier alpha value is -2.79. The molecule has 2 heterocycles. The highest BCUT2D eigenvalue weighted by Crippen LogP contribution is 2.25. The van der Waals surface area contributed by atoms with Crippen LogP contribution in [0.25, 0.3) is 28.2 Å². The van der Waals surface area contributed by atoms with Crippen molar-refractivity contribution in [3.8, 4) is 28.2 Å². The Bertz CT molecular complexity index is 965. The highest BCUT2D eigenvalue weighted by atomic mass is 32.1. The summed E-state index contributed by atoms with van der Waals surface area (Å²) in [5, 5.41) is 11.5. The number of hydrogen-bond donors (Lipinski definition) is 0. The lowest BCUT2D eigenvalue weighted by atomic mass is 10.1. The van der Waals surface area contributed by atoms with E-state index in [1.807, 2.05) is 11.6 Å². The summed E-state index contributed by atoms with van der Waals surface area (Å²) < 4.78 is 1.86. The average molecular weight is 332 g/mol. The lowest BCUT2D eigenvalue weighted by molar-refractivity contribution is 0.808. The van der Waals surface area contributed by atoms with E-state index < -0.39 is 0 Å². The smallest absolute Gasteiger partial charge is 0.0944 e. The van der Waals surface area contributed by atoms with Gasteiger partial charge in [0.15, 0.2) is 0 Å². The van der Waals surface area contributed by atoms with Crippen molar-refractivity contribution < 1.29 is 0 Å². The first kappa shape index (κ1) is 14.8. The third kappa shape index (κ3) is 2.74. The Morgan fingerprint density at radius 3 is 2.25 bits per heavy atom. The second-order valence-corrected chi connectivity index (χ2v) is 6.76. The van der Waals surface area contributed by atoms with E-state index in [0.29, 0.717) is 0 Å². The van der Waals surface area contributed by atoms with E-state index in [9.17, 15) is 0 Å². The van der Waals surface area contributed by atoms with Crippen molar-refractivity contribution >= 4 is 11.3 Å². The summed E-state index contributed by atoms with van der Waals surface area (Å²) in [6.45, 7) is 4.10. The summed E-state index contributed by atoms with van der Waals surface area (Å²) >= 11 is 1.66. The summed E-state index contributed by atoms with van der Waals surface area (Å²) in [4.78, 5) is 4.53. The fraction of sp³-hybridized carbons (Fsp3) is 0.105. The summed E-state index contributed by atoms with van der Waals surface area (Å²) in [6.07, 6.45) is 1.79. The van der Waals surface area contributed by atoms with Crippen LogP contribution in [-0.2, 0) is 0 Å². The molecule has 0 aliphatic heterocycles. The molecule has 0 radical (unpaired) electrons. The topological polar surface area (TPSA) is 43.6 Å². The van der Waals surface area contributed by atoms with Gasteiger partial charge in [-0.3, -0.25) is 0 Å². The Kier molecular flexibility index (Phi) is 3.70. The summed E-state index contributed by atoms with van der Waals surface area (Å²) in [6, 6.07) is 16.6. The highest BCUT2D eigenvalue weighted by Gasteiger charge is 2.09. The molecule has 2 aromatic carbocycles. The van der Waals surface area contributed by atoms with Gasteiger partial charge in [-0.2, -0.15) is 0 Å². The normalized spacial score (nSPS) is 10.9. The van der Waals surface area contributed by atoms with Crippen molar-refractivity contribution in [3.05, 3.63) is 70.7 Å². The largest absolute Gasteiger partial charge is 0.242 e. The van der Waals surface area contributed by atoms with E-state index in [-0.39, 0.29) is 0 Å². The van der Waals surface area contributed by atoms with Crippen LogP contribution in [0.15, 0.2) is 60.1 Å². The molecule has 0 bridgehead atoms. The molecule has 4 aromatic rings. The van der Waals surface area contributed by atoms with Crippen LogP contribution in [0.4, 0.5) is 0 Å². The zero-order chi connectivity index (χ0) is 16.5. The maximum atomic E-state index is 4.53. The van der Waals surface area contributed by atoms with Gasteiger partial charge in [-0.1, -0.05) is 47.2 Å². The van der Waals surface area contributed by atoms with E-state index in [2.05, 4.69) is 76.1 Å². The molecule has 0 saturated carbocycles. The lowest BCUT2D eigenvalue weighted by Crippen LogP contribution is -1.99. The Morgan fingerprint density at radius 2 is 1.58 bits per heavy atom. The predicted octanol–water partition coefficient (Wildman–Crippen LogP) is 4.67. The van der Waals surface area contributed by atoms with E-state index >= 15 is 0 Å². The van der Waals surface area contributed by atoms with E-state index in [1.165, 1.54) is 5.56 Å². The minimum absolute atomic E-state index is 0.979. The molecule has 0 saturated heterocycles. The zero-order valence-electron chi connectivity index (χ0n) is 13.5. The van der Waals surface area contributed by atoms with Crippen molar-refractivity contribution in [2.24, 2.45) is 0 Å². The van der Waals surface area contributed by atoms with Crippen molar-refractivity contribution in [1.82, 2.24) is 20.0 Å².